The van der Waals surface area contributed by atoms with Gasteiger partial charge in [-0.05, 0) is 40.7 Å². The number of benzene rings is 2. The van der Waals surface area contributed by atoms with Crippen LogP contribution in [0, 0.1) is 0 Å². The second kappa shape index (κ2) is 10.6. The molecule has 0 radical (unpaired) electrons. The number of carboxylic acids is 1. The van der Waals surface area contributed by atoms with Crippen LogP contribution < -0.4 is 10.6 Å². The highest BCUT2D eigenvalue weighted by Gasteiger charge is 2.30. The van der Waals surface area contributed by atoms with Crippen LogP contribution in [0.15, 0.2) is 54.7 Å². The van der Waals surface area contributed by atoms with Gasteiger partial charge in [0.05, 0.1) is 6.20 Å². The molecule has 0 aliphatic heterocycles. The van der Waals surface area contributed by atoms with E-state index in [-0.39, 0.29) is 23.9 Å². The number of nitrogens with zero attached hydrogens (tertiary/aromatic N) is 2. The third-order valence-electron chi connectivity index (χ3n) is 5.97. The molecule has 3 N–H and O–H groups in total. The number of aryl methyl sites for hydroxylation is 1. The minimum absolute atomic E-state index is 0.0472. The largest absolute Gasteiger partial charge is 0.477 e. The third kappa shape index (κ3) is 5.17. The Labute approximate surface area is 206 Å². The van der Waals surface area contributed by atoms with Crippen LogP contribution >= 0.6 is 11.8 Å². The lowest BCUT2D eigenvalue weighted by atomic mass is 9.98. The summed E-state index contributed by atoms with van der Waals surface area (Å²) >= 11 is 1.53. The quantitative estimate of drug-likeness (QED) is 0.414. The lowest BCUT2D eigenvalue weighted by molar-refractivity contribution is -0.118. The Kier molecular flexibility index (Phi) is 7.40. The maximum Gasteiger partial charge on any atom is 0.407 e. The van der Waals surface area contributed by atoms with Crippen LogP contribution in [0.25, 0.3) is 11.1 Å². The van der Waals surface area contributed by atoms with E-state index in [1.807, 2.05) is 42.7 Å². The van der Waals surface area contributed by atoms with Crippen molar-refractivity contribution in [2.75, 3.05) is 23.9 Å². The number of nitrogens with one attached hydrogen (secondary N) is 2. The molecule has 182 valence electrons. The molecule has 1 aromatic heterocycles. The molecule has 2 aromatic carbocycles. The molecule has 1 atom stereocenters. The van der Waals surface area contributed by atoms with E-state index in [9.17, 15) is 19.5 Å². The summed E-state index contributed by atoms with van der Waals surface area (Å²) in [4.78, 5) is 37.1. The van der Waals surface area contributed by atoms with Gasteiger partial charge in [0.15, 0.2) is 0 Å². The zero-order chi connectivity index (χ0) is 24.9. The van der Waals surface area contributed by atoms with Gasteiger partial charge in [0.2, 0.25) is 5.91 Å². The monoisotopic (exact) mass is 494 g/mol. The Morgan fingerprint density at radius 3 is 2.34 bits per heavy atom. The zero-order valence-corrected chi connectivity index (χ0v) is 20.2. The van der Waals surface area contributed by atoms with Gasteiger partial charge in [-0.1, -0.05) is 48.5 Å². The molecule has 1 unspecified atom stereocenters. The van der Waals surface area contributed by atoms with Gasteiger partial charge >= 0.3 is 12.1 Å². The smallest absolute Gasteiger partial charge is 0.407 e. The van der Waals surface area contributed by atoms with Crippen LogP contribution in [0.2, 0.25) is 0 Å². The van der Waals surface area contributed by atoms with Crippen molar-refractivity contribution in [3.63, 3.8) is 0 Å². The van der Waals surface area contributed by atoms with E-state index >= 15 is 0 Å². The van der Waals surface area contributed by atoms with Gasteiger partial charge in [0.1, 0.15) is 24.0 Å². The topological polar surface area (TPSA) is 123 Å². The molecule has 3 aromatic rings. The number of alkyl carbamates (subject to hydrolysis) is 1. The van der Waals surface area contributed by atoms with Gasteiger partial charge in [0, 0.05) is 13.0 Å². The van der Waals surface area contributed by atoms with Crippen molar-refractivity contribution in [1.82, 2.24) is 15.1 Å². The SMILES string of the molecule is CSCCC(NC(=O)OCC1c2ccccc2-c2ccccc21)C(=O)Nc1c(C(=O)O)cnn1C. The predicted octanol–water partition coefficient (Wildman–Crippen LogP) is 3.72. The minimum atomic E-state index is -1.21. The number of rotatable bonds is 9. The summed E-state index contributed by atoms with van der Waals surface area (Å²) in [6, 6.07) is 15.2. The number of ether oxygens (including phenoxy) is 1. The van der Waals surface area contributed by atoms with Crippen LogP contribution in [0.1, 0.15) is 33.8 Å². The second-order valence-electron chi connectivity index (χ2n) is 8.13. The number of carbonyl (C=O) groups excluding carboxylic acids is 2. The van der Waals surface area contributed by atoms with Crippen LogP contribution in [0.3, 0.4) is 0 Å². The van der Waals surface area contributed by atoms with Crippen molar-refractivity contribution < 1.29 is 24.2 Å². The summed E-state index contributed by atoms with van der Waals surface area (Å²) in [6.45, 7) is 0.127. The molecule has 35 heavy (non-hydrogen) atoms. The average Bonchev–Trinajstić information content (AvgIpc) is 3.38. The van der Waals surface area contributed by atoms with E-state index < -0.39 is 24.0 Å². The lowest BCUT2D eigenvalue weighted by Crippen LogP contribution is -2.45. The Balaban J connectivity index is 1.44. The fourth-order valence-corrected chi connectivity index (χ4v) is 4.70. The number of aromatic carboxylic acids is 1. The molecule has 0 spiro atoms. The molecule has 0 fully saturated rings. The summed E-state index contributed by atoms with van der Waals surface area (Å²) in [7, 11) is 1.53. The molecular weight excluding hydrogens is 468 g/mol. The van der Waals surface area contributed by atoms with Crippen molar-refractivity contribution in [2.45, 2.75) is 18.4 Å². The van der Waals surface area contributed by atoms with Gasteiger partial charge in [-0.15, -0.1) is 0 Å². The molecule has 4 rings (SSSR count). The number of anilines is 1. The lowest BCUT2D eigenvalue weighted by Gasteiger charge is -2.20. The van der Waals surface area contributed by atoms with Crippen LogP contribution in [0.4, 0.5) is 10.6 Å². The van der Waals surface area contributed by atoms with Crippen LogP contribution in [-0.2, 0) is 16.6 Å². The summed E-state index contributed by atoms with van der Waals surface area (Å²) in [6.07, 6.45) is 2.69. The average molecular weight is 495 g/mol. The standard InChI is InChI=1S/C25H26N4O5S/c1-29-22(19(13-26-29)24(31)32)28-23(30)21(11-12-35-2)27-25(33)34-14-20-17-9-5-3-7-15(17)16-8-4-6-10-18(16)20/h3-10,13,20-21H,11-12,14H2,1-2H3,(H,27,33)(H,28,30)(H,31,32). The second-order valence-corrected chi connectivity index (χ2v) is 9.11. The highest BCUT2D eigenvalue weighted by Crippen LogP contribution is 2.44. The van der Waals surface area contributed by atoms with E-state index in [1.54, 1.807) is 0 Å². The Morgan fingerprint density at radius 1 is 1.11 bits per heavy atom. The number of amides is 2. The molecular formula is C25H26N4O5S. The summed E-state index contributed by atoms with van der Waals surface area (Å²) in [5, 5.41) is 18.4. The molecule has 9 nitrogen and oxygen atoms in total. The van der Waals surface area contributed by atoms with Crippen LogP contribution in [-0.4, -0.2) is 57.5 Å². The molecule has 0 saturated heterocycles. The van der Waals surface area contributed by atoms with E-state index in [0.29, 0.717) is 12.2 Å². The first-order valence-electron chi connectivity index (χ1n) is 11.1. The first-order chi connectivity index (χ1) is 16.9. The molecule has 1 aliphatic rings. The van der Waals surface area contributed by atoms with Crippen molar-refractivity contribution in [3.05, 3.63) is 71.4 Å². The molecule has 1 aliphatic carbocycles. The number of fused-ring (bicyclic) bond motifs is 3. The fraction of sp³-hybridized carbons (Fsp3) is 0.280. The molecule has 0 bridgehead atoms. The van der Waals surface area contributed by atoms with E-state index in [2.05, 4.69) is 27.9 Å². The Morgan fingerprint density at radius 2 is 1.74 bits per heavy atom. The van der Waals surface area contributed by atoms with Crippen LogP contribution in [0.5, 0.6) is 0 Å². The normalized spacial score (nSPS) is 13.0. The maximum absolute atomic E-state index is 12.9. The number of carboxylic acid groups (broad SMARTS) is 1. The number of hydrogen-bond acceptors (Lipinski definition) is 6. The highest BCUT2D eigenvalue weighted by molar-refractivity contribution is 7.98. The zero-order valence-electron chi connectivity index (χ0n) is 19.4. The first kappa shape index (κ1) is 24.3. The molecule has 10 heteroatoms. The number of hydrogen-bond donors (Lipinski definition) is 3. The summed E-state index contributed by atoms with van der Waals surface area (Å²) in [5.41, 5.74) is 4.30. The number of thioether (sulfide) groups is 1. The van der Waals surface area contributed by atoms with E-state index in [0.717, 1.165) is 28.5 Å². The molecule has 1 heterocycles. The van der Waals surface area contributed by atoms with Gasteiger partial charge in [-0.2, -0.15) is 16.9 Å². The van der Waals surface area contributed by atoms with Gasteiger partial charge in [-0.25, -0.2) is 9.59 Å². The molecule has 2 amide bonds. The molecule has 0 saturated carbocycles. The van der Waals surface area contributed by atoms with Gasteiger partial charge < -0.3 is 20.5 Å². The van der Waals surface area contributed by atoms with Crippen molar-refractivity contribution >= 4 is 35.5 Å². The number of aromatic nitrogens is 2. The minimum Gasteiger partial charge on any atom is -0.477 e. The Hall–Kier alpha value is -3.79. The fourth-order valence-electron chi connectivity index (χ4n) is 4.23. The van der Waals surface area contributed by atoms with Crippen molar-refractivity contribution in [2.24, 2.45) is 7.05 Å². The predicted molar refractivity (Wildman–Crippen MR) is 134 cm³/mol. The van der Waals surface area contributed by atoms with Crippen molar-refractivity contribution in [3.8, 4) is 11.1 Å². The summed E-state index contributed by atoms with van der Waals surface area (Å²) in [5.74, 6) is -1.19. The van der Waals surface area contributed by atoms with E-state index in [4.69, 9.17) is 4.74 Å². The maximum atomic E-state index is 12.9. The summed E-state index contributed by atoms with van der Waals surface area (Å²) < 4.78 is 6.84. The van der Waals surface area contributed by atoms with Gasteiger partial charge in [-0.3, -0.25) is 9.48 Å². The third-order valence-corrected chi connectivity index (χ3v) is 6.62. The van der Waals surface area contributed by atoms with Crippen molar-refractivity contribution in [1.29, 1.82) is 0 Å². The van der Waals surface area contributed by atoms with E-state index in [1.165, 1.54) is 23.5 Å². The Bertz CT molecular complexity index is 1210. The van der Waals surface area contributed by atoms with Gasteiger partial charge in [0.25, 0.3) is 0 Å². The first-order valence-corrected chi connectivity index (χ1v) is 12.5. The number of carbonyl (C=O) groups is 3. The highest BCUT2D eigenvalue weighted by atomic mass is 32.2.